The molecule has 2 nitrogen and oxygen atoms in total. The Morgan fingerprint density at radius 2 is 1.19 bits per heavy atom. The van der Waals surface area contributed by atoms with Crippen LogP contribution in [-0.2, 0) is 0 Å². The third kappa shape index (κ3) is 2.23. The van der Waals surface area contributed by atoms with Gasteiger partial charge in [-0.05, 0) is 44.5 Å². The van der Waals surface area contributed by atoms with Gasteiger partial charge in [0.05, 0.1) is 12.8 Å². The molecular weight excluding hydrogens is 318 g/mol. The molecule has 0 saturated heterocycles. The summed E-state index contributed by atoms with van der Waals surface area (Å²) < 4.78 is 5.35. The molecule has 0 bridgehead atoms. The highest BCUT2D eigenvalue weighted by molar-refractivity contribution is 6.25. The molecule has 26 heavy (non-hydrogen) atoms. The predicted molar refractivity (Wildman–Crippen MR) is 109 cm³/mol. The minimum Gasteiger partial charge on any atom is -0.497 e. The summed E-state index contributed by atoms with van der Waals surface area (Å²) in [5, 5.41) is 7.65. The number of methoxy groups -OCH3 is 1. The smallest absolute Gasteiger partial charge is 0.122 e. The summed E-state index contributed by atoms with van der Waals surface area (Å²) in [6, 6.07) is 27.7. The van der Waals surface area contributed by atoms with E-state index in [1.54, 1.807) is 13.3 Å². The van der Waals surface area contributed by atoms with Crippen molar-refractivity contribution in [1.82, 2.24) is 4.98 Å². The molecule has 2 heteroatoms. The van der Waals surface area contributed by atoms with Crippen molar-refractivity contribution in [3.05, 3.63) is 85.1 Å². The number of ether oxygens (including phenoxy) is 1. The van der Waals surface area contributed by atoms with Crippen LogP contribution < -0.4 is 4.74 Å². The first kappa shape index (κ1) is 14.9. The Kier molecular flexibility index (Phi) is 3.36. The minimum atomic E-state index is 0.818. The molecule has 1 aromatic heterocycles. The first-order valence-electron chi connectivity index (χ1n) is 8.69. The summed E-state index contributed by atoms with van der Waals surface area (Å²) >= 11 is 0. The number of hydrogen-bond donors (Lipinski definition) is 0. The van der Waals surface area contributed by atoms with Crippen LogP contribution in [0.4, 0.5) is 0 Å². The zero-order chi connectivity index (χ0) is 17.5. The Labute approximate surface area is 151 Å². The van der Waals surface area contributed by atoms with E-state index in [9.17, 15) is 0 Å². The molecule has 1 heterocycles. The van der Waals surface area contributed by atoms with Gasteiger partial charge >= 0.3 is 0 Å². The van der Waals surface area contributed by atoms with Crippen LogP contribution in [-0.4, -0.2) is 12.1 Å². The van der Waals surface area contributed by atoms with Crippen LogP contribution in [0.15, 0.2) is 85.1 Å². The zero-order valence-corrected chi connectivity index (χ0v) is 14.4. The van der Waals surface area contributed by atoms with Gasteiger partial charge in [-0.2, -0.15) is 0 Å². The van der Waals surface area contributed by atoms with Crippen molar-refractivity contribution < 1.29 is 4.74 Å². The lowest BCUT2D eigenvalue weighted by atomic mass is 9.93. The molecule has 0 amide bonds. The Morgan fingerprint density at radius 3 is 1.81 bits per heavy atom. The van der Waals surface area contributed by atoms with Gasteiger partial charge in [-0.1, -0.05) is 60.7 Å². The van der Waals surface area contributed by atoms with Gasteiger partial charge in [-0.3, -0.25) is 4.98 Å². The first-order valence-corrected chi connectivity index (χ1v) is 8.69. The van der Waals surface area contributed by atoms with E-state index in [0.29, 0.717) is 0 Å². The maximum atomic E-state index is 5.35. The quantitative estimate of drug-likeness (QED) is 0.357. The molecule has 0 aliphatic heterocycles. The average molecular weight is 335 g/mol. The van der Waals surface area contributed by atoms with Crippen molar-refractivity contribution in [3.8, 4) is 17.0 Å². The van der Waals surface area contributed by atoms with E-state index in [0.717, 1.165) is 17.0 Å². The molecule has 0 N–H and O–H groups in total. The van der Waals surface area contributed by atoms with E-state index >= 15 is 0 Å². The van der Waals surface area contributed by atoms with Crippen molar-refractivity contribution in [1.29, 1.82) is 0 Å². The topological polar surface area (TPSA) is 22.1 Å². The predicted octanol–water partition coefficient (Wildman–Crippen LogP) is 6.22. The summed E-state index contributed by atoms with van der Waals surface area (Å²) in [4.78, 5) is 4.53. The second kappa shape index (κ2) is 5.85. The molecule has 4 aromatic carbocycles. The highest BCUT2D eigenvalue weighted by atomic mass is 16.5. The summed E-state index contributed by atoms with van der Waals surface area (Å²) in [7, 11) is 1.68. The van der Waals surface area contributed by atoms with Gasteiger partial charge in [-0.15, -0.1) is 0 Å². The lowest BCUT2D eigenvalue weighted by Crippen LogP contribution is -1.88. The molecule has 0 aliphatic carbocycles. The molecule has 0 atom stereocenters. The normalized spacial score (nSPS) is 11.3. The molecule has 0 spiro atoms. The number of rotatable bonds is 2. The fraction of sp³-hybridized carbons (Fsp3) is 0.0417. The molecule has 0 fully saturated rings. The van der Waals surface area contributed by atoms with E-state index in [1.165, 1.54) is 32.3 Å². The van der Waals surface area contributed by atoms with Crippen molar-refractivity contribution >= 4 is 32.3 Å². The van der Waals surface area contributed by atoms with Crippen LogP contribution in [0.1, 0.15) is 0 Å². The number of aromatic nitrogens is 1. The van der Waals surface area contributed by atoms with Gasteiger partial charge in [0, 0.05) is 17.8 Å². The molecule has 0 aliphatic rings. The van der Waals surface area contributed by atoms with Crippen molar-refractivity contribution in [2.75, 3.05) is 7.11 Å². The molecular formula is C24H17NO. The highest BCUT2D eigenvalue weighted by Crippen LogP contribution is 2.36. The van der Waals surface area contributed by atoms with Crippen LogP contribution in [0.25, 0.3) is 43.6 Å². The monoisotopic (exact) mass is 335 g/mol. The maximum Gasteiger partial charge on any atom is 0.122 e. The Balaban J connectivity index is 1.88. The number of pyridine rings is 1. The van der Waals surface area contributed by atoms with Gasteiger partial charge in [0.1, 0.15) is 5.75 Å². The Hall–Kier alpha value is -3.39. The van der Waals surface area contributed by atoms with Crippen LogP contribution in [0.5, 0.6) is 5.75 Å². The van der Waals surface area contributed by atoms with E-state index in [1.807, 2.05) is 12.1 Å². The molecule has 124 valence electrons. The summed E-state index contributed by atoms with van der Waals surface area (Å²) in [6.45, 7) is 0. The molecule has 5 aromatic rings. The number of benzene rings is 4. The molecule has 5 rings (SSSR count). The SMILES string of the molecule is COc1ccnc(-c2ccc3c4ccccc4c4ccccc4c3c2)c1. The van der Waals surface area contributed by atoms with E-state index in [-0.39, 0.29) is 0 Å². The average Bonchev–Trinajstić information content (AvgIpc) is 2.73. The second-order valence-corrected chi connectivity index (χ2v) is 6.43. The van der Waals surface area contributed by atoms with Crippen molar-refractivity contribution in [3.63, 3.8) is 0 Å². The largest absolute Gasteiger partial charge is 0.497 e. The second-order valence-electron chi connectivity index (χ2n) is 6.43. The minimum absolute atomic E-state index is 0.818. The standard InChI is InChI=1S/C24H17NO/c1-26-17-12-13-25-24(15-17)16-10-11-22-20-8-3-2-6-18(20)19-7-4-5-9-21(19)23(22)14-16/h2-15H,1H3. The van der Waals surface area contributed by atoms with Crippen LogP contribution in [0.3, 0.4) is 0 Å². The number of fused-ring (bicyclic) bond motifs is 6. The zero-order valence-electron chi connectivity index (χ0n) is 14.4. The van der Waals surface area contributed by atoms with E-state index in [2.05, 4.69) is 71.7 Å². The molecule has 0 radical (unpaired) electrons. The summed E-state index contributed by atoms with van der Waals surface area (Å²) in [5.41, 5.74) is 2.01. The van der Waals surface area contributed by atoms with Crippen molar-refractivity contribution in [2.45, 2.75) is 0 Å². The van der Waals surface area contributed by atoms with Crippen LogP contribution in [0.2, 0.25) is 0 Å². The van der Waals surface area contributed by atoms with Crippen LogP contribution >= 0.6 is 0 Å². The fourth-order valence-electron chi connectivity index (χ4n) is 3.76. The first-order chi connectivity index (χ1) is 12.8. The Morgan fingerprint density at radius 1 is 0.615 bits per heavy atom. The van der Waals surface area contributed by atoms with Gasteiger partial charge in [0.15, 0.2) is 0 Å². The third-order valence-corrected chi connectivity index (χ3v) is 5.01. The summed E-state index contributed by atoms with van der Waals surface area (Å²) in [6.07, 6.45) is 1.79. The Bertz CT molecular complexity index is 1240. The summed E-state index contributed by atoms with van der Waals surface area (Å²) in [5.74, 6) is 0.818. The number of hydrogen-bond acceptors (Lipinski definition) is 2. The highest BCUT2D eigenvalue weighted by Gasteiger charge is 2.10. The van der Waals surface area contributed by atoms with Gasteiger partial charge in [0.2, 0.25) is 0 Å². The van der Waals surface area contributed by atoms with Gasteiger partial charge in [0.25, 0.3) is 0 Å². The van der Waals surface area contributed by atoms with Crippen LogP contribution in [0, 0.1) is 0 Å². The fourth-order valence-corrected chi connectivity index (χ4v) is 3.76. The van der Waals surface area contributed by atoms with E-state index in [4.69, 9.17) is 4.74 Å². The van der Waals surface area contributed by atoms with Gasteiger partial charge < -0.3 is 4.74 Å². The molecule has 0 saturated carbocycles. The van der Waals surface area contributed by atoms with E-state index < -0.39 is 0 Å². The lowest BCUT2D eigenvalue weighted by Gasteiger charge is -2.12. The number of nitrogens with zero attached hydrogens (tertiary/aromatic N) is 1. The van der Waals surface area contributed by atoms with Gasteiger partial charge in [-0.25, -0.2) is 0 Å². The lowest BCUT2D eigenvalue weighted by molar-refractivity contribution is 0.414. The third-order valence-electron chi connectivity index (χ3n) is 5.01. The maximum absolute atomic E-state index is 5.35. The molecule has 0 unspecified atom stereocenters. The van der Waals surface area contributed by atoms with Crippen molar-refractivity contribution in [2.24, 2.45) is 0 Å².